The molecule has 2 saturated heterocycles. The first kappa shape index (κ1) is 12.9. The lowest BCUT2D eigenvalue weighted by molar-refractivity contribution is -0.140. The van der Waals surface area contributed by atoms with E-state index in [1.54, 1.807) is 4.90 Å². The minimum absolute atomic E-state index is 0.0594. The van der Waals surface area contributed by atoms with E-state index in [2.05, 4.69) is 10.6 Å². The van der Waals surface area contributed by atoms with E-state index in [0.717, 1.165) is 58.0 Å². The van der Waals surface area contributed by atoms with E-state index < -0.39 is 0 Å². The summed E-state index contributed by atoms with van der Waals surface area (Å²) >= 11 is 0. The topological polar surface area (TPSA) is 61.4 Å². The molecule has 2 amide bonds. The molecule has 0 aromatic rings. The molecule has 2 heterocycles. The molecule has 3 aliphatic rings. The summed E-state index contributed by atoms with van der Waals surface area (Å²) in [5.74, 6) is 0.192. The monoisotopic (exact) mass is 265 g/mol. The zero-order valence-electron chi connectivity index (χ0n) is 11.4. The van der Waals surface area contributed by atoms with Gasteiger partial charge in [0.25, 0.3) is 0 Å². The number of hydrogen-bond acceptors (Lipinski definition) is 3. The van der Waals surface area contributed by atoms with Gasteiger partial charge in [0, 0.05) is 12.6 Å². The summed E-state index contributed by atoms with van der Waals surface area (Å²) in [5.41, 5.74) is 0. The third-order valence-corrected chi connectivity index (χ3v) is 4.37. The van der Waals surface area contributed by atoms with E-state index in [1.807, 2.05) is 0 Å². The van der Waals surface area contributed by atoms with Crippen LogP contribution in [0.2, 0.25) is 0 Å². The van der Waals surface area contributed by atoms with Crippen molar-refractivity contribution in [2.24, 2.45) is 0 Å². The molecule has 2 N–H and O–H groups in total. The molecule has 5 nitrogen and oxygen atoms in total. The number of likely N-dealkylation sites (tertiary alicyclic amines) is 1. The van der Waals surface area contributed by atoms with Crippen LogP contribution in [-0.4, -0.2) is 47.9 Å². The van der Waals surface area contributed by atoms with Crippen molar-refractivity contribution in [3.8, 4) is 0 Å². The highest BCUT2D eigenvalue weighted by molar-refractivity contribution is 5.90. The summed E-state index contributed by atoms with van der Waals surface area (Å²) in [7, 11) is 0. The van der Waals surface area contributed by atoms with Gasteiger partial charge in [-0.3, -0.25) is 9.59 Å². The van der Waals surface area contributed by atoms with Crippen LogP contribution in [0.1, 0.15) is 44.9 Å². The molecule has 1 aliphatic carbocycles. The van der Waals surface area contributed by atoms with Crippen LogP contribution in [0.3, 0.4) is 0 Å². The van der Waals surface area contributed by atoms with Crippen LogP contribution < -0.4 is 10.6 Å². The Balaban J connectivity index is 1.60. The molecular formula is C14H23N3O2. The van der Waals surface area contributed by atoms with Gasteiger partial charge in [-0.1, -0.05) is 6.42 Å². The standard InChI is InChI=1S/C14H23N3O2/c18-13(16-10-6-7-10)12-5-3-9-17(12)14(19)11-4-1-2-8-15-11/h10-12,15H,1-9H2,(H,16,18)/t11-,12?/m1/s1. The molecule has 106 valence electrons. The third kappa shape index (κ3) is 2.91. The molecule has 19 heavy (non-hydrogen) atoms. The summed E-state index contributed by atoms with van der Waals surface area (Å²) in [6, 6.07) is 0.0813. The van der Waals surface area contributed by atoms with E-state index in [1.165, 1.54) is 0 Å². The number of nitrogens with one attached hydrogen (secondary N) is 2. The zero-order valence-corrected chi connectivity index (χ0v) is 11.4. The predicted octanol–water partition coefficient (Wildman–Crippen LogP) is 0.398. The van der Waals surface area contributed by atoms with Gasteiger partial charge in [-0.25, -0.2) is 0 Å². The Morgan fingerprint density at radius 3 is 2.58 bits per heavy atom. The molecule has 0 radical (unpaired) electrons. The summed E-state index contributed by atoms with van der Waals surface area (Å²) in [4.78, 5) is 26.5. The number of piperidine rings is 1. The maximum atomic E-state index is 12.5. The molecule has 1 unspecified atom stereocenters. The summed E-state index contributed by atoms with van der Waals surface area (Å²) in [6.07, 6.45) is 7.11. The van der Waals surface area contributed by atoms with Crippen LogP contribution in [-0.2, 0) is 9.59 Å². The first-order valence-electron chi connectivity index (χ1n) is 7.60. The number of hydrogen-bond donors (Lipinski definition) is 2. The molecule has 0 bridgehead atoms. The fourth-order valence-electron chi connectivity index (χ4n) is 3.09. The average molecular weight is 265 g/mol. The fraction of sp³-hybridized carbons (Fsp3) is 0.857. The van der Waals surface area contributed by atoms with Gasteiger partial charge in [-0.2, -0.15) is 0 Å². The minimum atomic E-state index is -0.225. The van der Waals surface area contributed by atoms with E-state index in [0.29, 0.717) is 6.04 Å². The van der Waals surface area contributed by atoms with Gasteiger partial charge >= 0.3 is 0 Å². The zero-order chi connectivity index (χ0) is 13.2. The lowest BCUT2D eigenvalue weighted by atomic mass is 10.0. The number of carbonyl (C=O) groups is 2. The normalized spacial score (nSPS) is 31.3. The first-order chi connectivity index (χ1) is 9.25. The quantitative estimate of drug-likeness (QED) is 0.776. The third-order valence-electron chi connectivity index (χ3n) is 4.37. The summed E-state index contributed by atoms with van der Waals surface area (Å²) in [5, 5.41) is 6.32. The second-order valence-corrected chi connectivity index (χ2v) is 5.98. The minimum Gasteiger partial charge on any atom is -0.352 e. The van der Waals surface area contributed by atoms with Gasteiger partial charge in [0.15, 0.2) is 0 Å². The number of nitrogens with zero attached hydrogens (tertiary/aromatic N) is 1. The maximum Gasteiger partial charge on any atom is 0.243 e. The van der Waals surface area contributed by atoms with Crippen LogP contribution in [0.4, 0.5) is 0 Å². The van der Waals surface area contributed by atoms with Crippen molar-refractivity contribution in [3.05, 3.63) is 0 Å². The Kier molecular flexibility index (Phi) is 3.73. The van der Waals surface area contributed by atoms with Gasteiger partial charge < -0.3 is 15.5 Å². The second-order valence-electron chi connectivity index (χ2n) is 5.98. The van der Waals surface area contributed by atoms with Crippen LogP contribution in [0.25, 0.3) is 0 Å². The van der Waals surface area contributed by atoms with Gasteiger partial charge in [-0.15, -0.1) is 0 Å². The first-order valence-corrected chi connectivity index (χ1v) is 7.60. The molecule has 0 spiro atoms. The highest BCUT2D eigenvalue weighted by Crippen LogP contribution is 2.23. The van der Waals surface area contributed by atoms with Crippen molar-refractivity contribution in [1.82, 2.24) is 15.5 Å². The predicted molar refractivity (Wildman–Crippen MR) is 71.5 cm³/mol. The molecule has 2 aliphatic heterocycles. The van der Waals surface area contributed by atoms with E-state index in [9.17, 15) is 9.59 Å². The van der Waals surface area contributed by atoms with Gasteiger partial charge in [0.2, 0.25) is 11.8 Å². The van der Waals surface area contributed by atoms with E-state index in [-0.39, 0.29) is 23.9 Å². The van der Waals surface area contributed by atoms with Crippen molar-refractivity contribution < 1.29 is 9.59 Å². The van der Waals surface area contributed by atoms with E-state index >= 15 is 0 Å². The molecular weight excluding hydrogens is 242 g/mol. The van der Waals surface area contributed by atoms with Gasteiger partial charge in [-0.05, 0) is 45.1 Å². The molecule has 0 aromatic carbocycles. The highest BCUT2D eigenvalue weighted by atomic mass is 16.2. The number of rotatable bonds is 3. The lowest BCUT2D eigenvalue weighted by Gasteiger charge is -2.30. The van der Waals surface area contributed by atoms with Gasteiger partial charge in [0.05, 0.1) is 6.04 Å². The van der Waals surface area contributed by atoms with Gasteiger partial charge in [0.1, 0.15) is 6.04 Å². The van der Waals surface area contributed by atoms with Crippen molar-refractivity contribution >= 4 is 11.8 Å². The molecule has 0 aromatic heterocycles. The van der Waals surface area contributed by atoms with Crippen molar-refractivity contribution in [2.45, 2.75) is 63.1 Å². The van der Waals surface area contributed by atoms with Crippen molar-refractivity contribution in [2.75, 3.05) is 13.1 Å². The Morgan fingerprint density at radius 2 is 1.89 bits per heavy atom. The molecule has 2 atom stereocenters. The Labute approximate surface area is 114 Å². The summed E-state index contributed by atoms with van der Waals surface area (Å²) < 4.78 is 0. The van der Waals surface area contributed by atoms with Crippen molar-refractivity contribution in [1.29, 1.82) is 0 Å². The molecule has 1 saturated carbocycles. The number of carbonyl (C=O) groups excluding carboxylic acids is 2. The largest absolute Gasteiger partial charge is 0.352 e. The van der Waals surface area contributed by atoms with Crippen LogP contribution >= 0.6 is 0 Å². The Bertz CT molecular complexity index is 362. The maximum absolute atomic E-state index is 12.5. The SMILES string of the molecule is O=C(NC1CC1)C1CCCN1C(=O)[C@H]1CCCCN1. The average Bonchev–Trinajstić information content (AvgIpc) is 3.11. The Hall–Kier alpha value is -1.10. The van der Waals surface area contributed by atoms with Crippen LogP contribution in [0, 0.1) is 0 Å². The number of amides is 2. The van der Waals surface area contributed by atoms with E-state index in [4.69, 9.17) is 0 Å². The molecule has 5 heteroatoms. The smallest absolute Gasteiger partial charge is 0.243 e. The fourth-order valence-corrected chi connectivity index (χ4v) is 3.09. The molecule has 3 rings (SSSR count). The Morgan fingerprint density at radius 1 is 1.05 bits per heavy atom. The van der Waals surface area contributed by atoms with Crippen molar-refractivity contribution in [3.63, 3.8) is 0 Å². The lowest BCUT2D eigenvalue weighted by Crippen LogP contribution is -2.53. The van der Waals surface area contributed by atoms with Crippen LogP contribution in [0.15, 0.2) is 0 Å². The highest BCUT2D eigenvalue weighted by Gasteiger charge is 2.38. The summed E-state index contributed by atoms with van der Waals surface area (Å²) in [6.45, 7) is 1.66. The molecule has 3 fully saturated rings. The van der Waals surface area contributed by atoms with Crippen LogP contribution in [0.5, 0.6) is 0 Å². The second kappa shape index (κ2) is 5.49.